The highest BCUT2D eigenvalue weighted by atomic mass is 16.5. The standard InChI is InChI=1S/C24H36N2O2/c1-25-15-22-21-13-23(27-2)24(28-16-18-7-4-8-18)12-19(21)9-10-26(22)14-20(25)11-17-5-3-6-17/h12-13,17-18,20,22H,3-11,14-16H2,1-2H3/t20-,22-/m1/s1. The van der Waals surface area contributed by atoms with Gasteiger partial charge >= 0.3 is 0 Å². The molecule has 4 heteroatoms. The van der Waals surface area contributed by atoms with Gasteiger partial charge in [-0.05, 0) is 67.8 Å². The van der Waals surface area contributed by atoms with E-state index >= 15 is 0 Å². The van der Waals surface area contributed by atoms with E-state index in [0.29, 0.717) is 6.04 Å². The summed E-state index contributed by atoms with van der Waals surface area (Å²) in [6.07, 6.45) is 10.9. The smallest absolute Gasteiger partial charge is 0.161 e. The summed E-state index contributed by atoms with van der Waals surface area (Å²) in [5.41, 5.74) is 2.93. The van der Waals surface area contributed by atoms with Gasteiger partial charge in [0.1, 0.15) is 0 Å². The number of likely N-dealkylation sites (N-methyl/N-ethyl adjacent to an activating group) is 1. The van der Waals surface area contributed by atoms with Crippen molar-refractivity contribution in [3.05, 3.63) is 23.3 Å². The molecule has 0 aromatic heterocycles. The molecule has 1 saturated heterocycles. The highest BCUT2D eigenvalue weighted by molar-refractivity contribution is 5.49. The summed E-state index contributed by atoms with van der Waals surface area (Å²) >= 11 is 0. The molecule has 28 heavy (non-hydrogen) atoms. The van der Waals surface area contributed by atoms with Crippen LogP contribution in [0.5, 0.6) is 11.5 Å². The van der Waals surface area contributed by atoms with Crippen molar-refractivity contribution in [2.24, 2.45) is 11.8 Å². The number of piperazine rings is 1. The lowest BCUT2D eigenvalue weighted by Gasteiger charge is -2.49. The maximum Gasteiger partial charge on any atom is 0.161 e. The van der Waals surface area contributed by atoms with Gasteiger partial charge in [0.25, 0.3) is 0 Å². The van der Waals surface area contributed by atoms with Crippen molar-refractivity contribution in [1.82, 2.24) is 9.80 Å². The summed E-state index contributed by atoms with van der Waals surface area (Å²) in [6, 6.07) is 5.79. The quantitative estimate of drug-likeness (QED) is 0.731. The van der Waals surface area contributed by atoms with Crippen LogP contribution in [0.4, 0.5) is 0 Å². The van der Waals surface area contributed by atoms with Crippen molar-refractivity contribution < 1.29 is 9.47 Å². The van der Waals surface area contributed by atoms with Crippen LogP contribution < -0.4 is 9.47 Å². The van der Waals surface area contributed by atoms with Crippen LogP contribution in [0.2, 0.25) is 0 Å². The first-order valence-corrected chi connectivity index (χ1v) is 11.5. The Bertz CT molecular complexity index is 698. The number of hydrogen-bond donors (Lipinski definition) is 0. The number of fused-ring (bicyclic) bond motifs is 3. The van der Waals surface area contributed by atoms with Crippen LogP contribution in [0.1, 0.15) is 62.1 Å². The summed E-state index contributed by atoms with van der Waals surface area (Å²) in [5, 5.41) is 0. The molecule has 4 aliphatic rings. The number of benzene rings is 1. The summed E-state index contributed by atoms with van der Waals surface area (Å²) in [6.45, 7) is 4.38. The normalized spacial score (nSPS) is 28.8. The van der Waals surface area contributed by atoms with Crippen molar-refractivity contribution in [2.45, 2.75) is 63.5 Å². The minimum atomic E-state index is 0.501. The number of rotatable bonds is 6. The molecule has 2 atom stereocenters. The Balaban J connectivity index is 1.32. The van der Waals surface area contributed by atoms with E-state index in [2.05, 4.69) is 29.0 Å². The molecule has 2 aliphatic carbocycles. The van der Waals surface area contributed by atoms with E-state index in [4.69, 9.17) is 9.47 Å². The maximum atomic E-state index is 6.19. The molecule has 2 heterocycles. The van der Waals surface area contributed by atoms with Gasteiger partial charge in [-0.2, -0.15) is 0 Å². The summed E-state index contributed by atoms with van der Waals surface area (Å²) in [5.74, 6) is 3.60. The summed E-state index contributed by atoms with van der Waals surface area (Å²) in [7, 11) is 4.11. The van der Waals surface area contributed by atoms with Gasteiger partial charge in [-0.25, -0.2) is 0 Å². The molecule has 4 nitrogen and oxygen atoms in total. The maximum absolute atomic E-state index is 6.19. The van der Waals surface area contributed by atoms with Crippen molar-refractivity contribution in [2.75, 3.05) is 40.4 Å². The minimum Gasteiger partial charge on any atom is -0.493 e. The molecule has 0 unspecified atom stereocenters. The predicted molar refractivity (Wildman–Crippen MR) is 112 cm³/mol. The van der Waals surface area contributed by atoms with E-state index in [9.17, 15) is 0 Å². The fourth-order valence-electron chi connectivity index (χ4n) is 5.53. The average molecular weight is 385 g/mol. The molecule has 0 N–H and O–H groups in total. The van der Waals surface area contributed by atoms with Crippen LogP contribution in [0, 0.1) is 11.8 Å². The minimum absolute atomic E-state index is 0.501. The third kappa shape index (κ3) is 3.54. The molecular weight excluding hydrogens is 348 g/mol. The highest BCUT2D eigenvalue weighted by Gasteiger charge is 2.38. The number of nitrogens with zero attached hydrogens (tertiary/aromatic N) is 2. The lowest BCUT2D eigenvalue weighted by atomic mass is 9.79. The molecule has 2 aliphatic heterocycles. The van der Waals surface area contributed by atoms with Gasteiger partial charge < -0.3 is 14.4 Å². The van der Waals surface area contributed by atoms with Crippen molar-refractivity contribution in [3.8, 4) is 11.5 Å². The van der Waals surface area contributed by atoms with Crippen molar-refractivity contribution in [3.63, 3.8) is 0 Å². The van der Waals surface area contributed by atoms with Crippen LogP contribution in [0.25, 0.3) is 0 Å². The zero-order chi connectivity index (χ0) is 19.1. The van der Waals surface area contributed by atoms with Gasteiger partial charge in [-0.1, -0.05) is 25.7 Å². The fraction of sp³-hybridized carbons (Fsp3) is 0.750. The summed E-state index contributed by atoms with van der Waals surface area (Å²) < 4.78 is 11.9. The first-order valence-electron chi connectivity index (χ1n) is 11.5. The monoisotopic (exact) mass is 384 g/mol. The van der Waals surface area contributed by atoms with Crippen LogP contribution in [-0.2, 0) is 6.42 Å². The Morgan fingerprint density at radius 1 is 1.00 bits per heavy atom. The second kappa shape index (κ2) is 7.87. The molecule has 2 saturated carbocycles. The van der Waals surface area contributed by atoms with E-state index < -0.39 is 0 Å². The SMILES string of the molecule is COc1cc2c(cc1OCC1CCC1)CCN1C[C@@H](CC3CCC3)N(C)C[C@H]21. The largest absolute Gasteiger partial charge is 0.493 e. The zero-order valence-electron chi connectivity index (χ0n) is 17.7. The van der Waals surface area contributed by atoms with Gasteiger partial charge in [-0.15, -0.1) is 0 Å². The van der Waals surface area contributed by atoms with E-state index in [1.54, 1.807) is 7.11 Å². The number of hydrogen-bond acceptors (Lipinski definition) is 4. The summed E-state index contributed by atoms with van der Waals surface area (Å²) in [4.78, 5) is 5.36. The van der Waals surface area contributed by atoms with E-state index in [0.717, 1.165) is 48.9 Å². The van der Waals surface area contributed by atoms with Crippen LogP contribution in [0.3, 0.4) is 0 Å². The van der Waals surface area contributed by atoms with Gasteiger partial charge in [0.2, 0.25) is 0 Å². The molecule has 0 amide bonds. The van der Waals surface area contributed by atoms with Crippen molar-refractivity contribution in [1.29, 1.82) is 0 Å². The topological polar surface area (TPSA) is 24.9 Å². The molecular formula is C24H36N2O2. The third-order valence-electron chi connectivity index (χ3n) is 7.95. The average Bonchev–Trinajstić information content (AvgIpc) is 2.63. The highest BCUT2D eigenvalue weighted by Crippen LogP contribution is 2.42. The van der Waals surface area contributed by atoms with E-state index in [1.165, 1.54) is 69.2 Å². The molecule has 3 fully saturated rings. The molecule has 0 spiro atoms. The molecule has 0 bridgehead atoms. The Kier molecular flexibility index (Phi) is 5.27. The van der Waals surface area contributed by atoms with Gasteiger partial charge in [0, 0.05) is 31.7 Å². The Morgan fingerprint density at radius 2 is 1.79 bits per heavy atom. The number of ether oxygens (including phenoxy) is 2. The second-order valence-electron chi connectivity index (χ2n) is 9.70. The Hall–Kier alpha value is -1.26. The van der Waals surface area contributed by atoms with Crippen LogP contribution in [-0.4, -0.2) is 56.2 Å². The van der Waals surface area contributed by atoms with Gasteiger partial charge in [-0.3, -0.25) is 4.90 Å². The van der Waals surface area contributed by atoms with Crippen molar-refractivity contribution >= 4 is 0 Å². The van der Waals surface area contributed by atoms with E-state index in [1.807, 2.05) is 0 Å². The van der Waals surface area contributed by atoms with Crippen LogP contribution >= 0.6 is 0 Å². The third-order valence-corrected chi connectivity index (χ3v) is 7.95. The lowest BCUT2D eigenvalue weighted by Crippen LogP contribution is -2.55. The molecule has 154 valence electrons. The first-order chi connectivity index (χ1) is 13.7. The Morgan fingerprint density at radius 3 is 2.46 bits per heavy atom. The lowest BCUT2D eigenvalue weighted by molar-refractivity contribution is 0.0217. The number of methoxy groups -OCH3 is 1. The zero-order valence-corrected chi connectivity index (χ0v) is 17.7. The first kappa shape index (κ1) is 18.7. The molecule has 1 aromatic carbocycles. The molecule has 0 radical (unpaired) electrons. The van der Waals surface area contributed by atoms with Gasteiger partial charge in [0.05, 0.1) is 13.7 Å². The Labute approximate surface area is 170 Å². The molecule has 5 rings (SSSR count). The predicted octanol–water partition coefficient (Wildman–Crippen LogP) is 4.28. The molecule has 1 aromatic rings. The van der Waals surface area contributed by atoms with Gasteiger partial charge in [0.15, 0.2) is 11.5 Å². The van der Waals surface area contributed by atoms with E-state index in [-0.39, 0.29) is 0 Å². The second-order valence-corrected chi connectivity index (χ2v) is 9.70. The van der Waals surface area contributed by atoms with Crippen LogP contribution in [0.15, 0.2) is 12.1 Å². The fourth-order valence-corrected chi connectivity index (χ4v) is 5.53.